The molecule has 0 aliphatic carbocycles. The monoisotopic (exact) mass is 366 g/mol. The summed E-state index contributed by atoms with van der Waals surface area (Å²) in [5, 5.41) is 2.93. The van der Waals surface area contributed by atoms with Crippen molar-refractivity contribution in [2.24, 2.45) is 0 Å². The fourth-order valence-electron chi connectivity index (χ4n) is 3.17. The zero-order valence-electron chi connectivity index (χ0n) is 14.7. The van der Waals surface area contributed by atoms with Crippen molar-refractivity contribution >= 4 is 23.4 Å². The third-order valence-electron chi connectivity index (χ3n) is 4.68. The van der Waals surface area contributed by atoms with Crippen LogP contribution < -0.4 is 19.7 Å². The average molecular weight is 366 g/mol. The highest BCUT2D eigenvalue weighted by Crippen LogP contribution is 2.34. The Hall–Kier alpha value is -3.35. The van der Waals surface area contributed by atoms with E-state index in [-0.39, 0.29) is 43.4 Å². The molecule has 2 heterocycles. The van der Waals surface area contributed by atoms with Gasteiger partial charge in [0.25, 0.3) is 5.91 Å². The van der Waals surface area contributed by atoms with Crippen LogP contribution in [0.5, 0.6) is 11.5 Å². The molecule has 0 unspecified atom stereocenters. The minimum atomic E-state index is -0.245. The van der Waals surface area contributed by atoms with Crippen LogP contribution in [0.3, 0.4) is 0 Å². The molecule has 4 rings (SSSR count). The van der Waals surface area contributed by atoms with Crippen LogP contribution in [-0.4, -0.2) is 24.5 Å². The normalized spacial score (nSPS) is 16.6. The second-order valence-electron chi connectivity index (χ2n) is 6.48. The lowest BCUT2D eigenvalue weighted by Crippen LogP contribution is -2.29. The van der Waals surface area contributed by atoms with E-state index in [4.69, 9.17) is 9.47 Å². The smallest absolute Gasteiger partial charge is 0.251 e. The number of hydrogen-bond donors (Lipinski definition) is 1. The van der Waals surface area contributed by atoms with Crippen molar-refractivity contribution in [3.8, 4) is 11.5 Å². The lowest BCUT2D eigenvalue weighted by molar-refractivity contribution is -0.121. The summed E-state index contributed by atoms with van der Waals surface area (Å²) in [4.78, 5) is 37.3. The van der Waals surface area contributed by atoms with Gasteiger partial charge in [0.05, 0.1) is 11.7 Å². The molecule has 0 saturated carbocycles. The number of imide groups is 1. The Morgan fingerprint density at radius 2 is 1.67 bits per heavy atom. The van der Waals surface area contributed by atoms with Crippen molar-refractivity contribution in [3.05, 3.63) is 53.6 Å². The first kappa shape index (κ1) is 17.1. The number of benzene rings is 2. The van der Waals surface area contributed by atoms with Crippen LogP contribution in [0.1, 0.15) is 41.7 Å². The van der Waals surface area contributed by atoms with Gasteiger partial charge in [0.2, 0.25) is 18.6 Å². The third-order valence-corrected chi connectivity index (χ3v) is 4.68. The van der Waals surface area contributed by atoms with E-state index in [1.807, 2.05) is 25.1 Å². The maximum absolute atomic E-state index is 12.5. The summed E-state index contributed by atoms with van der Waals surface area (Å²) in [6, 6.07) is 11.8. The quantitative estimate of drug-likeness (QED) is 0.841. The molecule has 2 aliphatic rings. The van der Waals surface area contributed by atoms with E-state index in [2.05, 4.69) is 5.32 Å². The SMILES string of the molecule is C[C@H](NC(=O)c1ccc(N2C(=O)CCC2=O)cc1)c1ccc2c(c1)OCO2. The number of nitrogens with zero attached hydrogens (tertiary/aromatic N) is 1. The van der Waals surface area contributed by atoms with Gasteiger partial charge in [-0.25, -0.2) is 0 Å². The molecule has 1 N–H and O–H groups in total. The molecule has 0 spiro atoms. The number of rotatable bonds is 4. The van der Waals surface area contributed by atoms with Gasteiger partial charge < -0.3 is 14.8 Å². The van der Waals surface area contributed by atoms with Crippen molar-refractivity contribution < 1.29 is 23.9 Å². The number of carbonyl (C=O) groups is 3. The Balaban J connectivity index is 1.45. The summed E-state index contributed by atoms with van der Waals surface area (Å²) in [6.07, 6.45) is 0.461. The van der Waals surface area contributed by atoms with Crippen molar-refractivity contribution in [2.45, 2.75) is 25.8 Å². The molecule has 138 valence electrons. The lowest BCUT2D eigenvalue weighted by Gasteiger charge is -2.16. The predicted octanol–water partition coefficient (Wildman–Crippen LogP) is 2.56. The van der Waals surface area contributed by atoms with Gasteiger partial charge >= 0.3 is 0 Å². The summed E-state index contributed by atoms with van der Waals surface area (Å²) in [5.41, 5.74) is 1.84. The van der Waals surface area contributed by atoms with Crippen LogP contribution in [0.2, 0.25) is 0 Å². The fourth-order valence-corrected chi connectivity index (χ4v) is 3.17. The summed E-state index contributed by atoms with van der Waals surface area (Å²) in [6.45, 7) is 2.08. The van der Waals surface area contributed by atoms with Crippen molar-refractivity contribution in [1.82, 2.24) is 5.32 Å². The van der Waals surface area contributed by atoms with Crippen molar-refractivity contribution in [3.63, 3.8) is 0 Å². The van der Waals surface area contributed by atoms with Gasteiger partial charge in [-0.05, 0) is 48.9 Å². The average Bonchev–Trinajstić information content (AvgIpc) is 3.27. The van der Waals surface area contributed by atoms with Crippen LogP contribution >= 0.6 is 0 Å². The highest BCUT2D eigenvalue weighted by atomic mass is 16.7. The molecule has 7 heteroatoms. The molecule has 1 saturated heterocycles. The van der Waals surface area contributed by atoms with Crippen LogP contribution in [-0.2, 0) is 9.59 Å². The molecule has 0 radical (unpaired) electrons. The van der Waals surface area contributed by atoms with Crippen molar-refractivity contribution in [2.75, 3.05) is 11.7 Å². The van der Waals surface area contributed by atoms with E-state index in [0.717, 1.165) is 10.5 Å². The number of nitrogens with one attached hydrogen (secondary N) is 1. The molecular weight excluding hydrogens is 348 g/mol. The van der Waals surface area contributed by atoms with Gasteiger partial charge in [-0.15, -0.1) is 0 Å². The van der Waals surface area contributed by atoms with E-state index in [1.165, 1.54) is 0 Å². The molecule has 2 aliphatic heterocycles. The van der Waals surface area contributed by atoms with Gasteiger partial charge in [-0.2, -0.15) is 0 Å². The zero-order chi connectivity index (χ0) is 19.0. The van der Waals surface area contributed by atoms with Crippen LogP contribution in [0.4, 0.5) is 5.69 Å². The van der Waals surface area contributed by atoms with Gasteiger partial charge in [0.1, 0.15) is 0 Å². The maximum Gasteiger partial charge on any atom is 0.251 e. The summed E-state index contributed by atoms with van der Waals surface area (Å²) in [7, 11) is 0. The van der Waals surface area contributed by atoms with Gasteiger partial charge in [-0.3, -0.25) is 19.3 Å². The first-order chi connectivity index (χ1) is 13.0. The first-order valence-corrected chi connectivity index (χ1v) is 8.69. The second-order valence-corrected chi connectivity index (χ2v) is 6.48. The molecular formula is C20H18N2O5. The van der Waals surface area contributed by atoms with E-state index in [9.17, 15) is 14.4 Å². The highest BCUT2D eigenvalue weighted by molar-refractivity contribution is 6.19. The lowest BCUT2D eigenvalue weighted by atomic mass is 10.1. The molecule has 0 aromatic heterocycles. The topological polar surface area (TPSA) is 84.9 Å². The molecule has 27 heavy (non-hydrogen) atoms. The zero-order valence-corrected chi connectivity index (χ0v) is 14.7. The number of hydrogen-bond acceptors (Lipinski definition) is 5. The Labute approximate surface area is 155 Å². The molecule has 0 bridgehead atoms. The summed E-state index contributed by atoms with van der Waals surface area (Å²) >= 11 is 0. The third kappa shape index (κ3) is 3.23. The molecule has 3 amide bonds. The first-order valence-electron chi connectivity index (χ1n) is 8.69. The number of ether oxygens (including phenoxy) is 2. The highest BCUT2D eigenvalue weighted by Gasteiger charge is 2.30. The Kier molecular flexibility index (Phi) is 4.27. The Morgan fingerprint density at radius 1 is 1.00 bits per heavy atom. The molecule has 2 aromatic rings. The van der Waals surface area contributed by atoms with E-state index in [0.29, 0.717) is 22.7 Å². The number of fused-ring (bicyclic) bond motifs is 1. The van der Waals surface area contributed by atoms with E-state index < -0.39 is 0 Å². The molecule has 1 fully saturated rings. The van der Waals surface area contributed by atoms with Crippen molar-refractivity contribution in [1.29, 1.82) is 0 Å². The van der Waals surface area contributed by atoms with Crippen LogP contribution in [0.25, 0.3) is 0 Å². The molecule has 7 nitrogen and oxygen atoms in total. The van der Waals surface area contributed by atoms with E-state index in [1.54, 1.807) is 24.3 Å². The largest absolute Gasteiger partial charge is 0.454 e. The van der Waals surface area contributed by atoms with E-state index >= 15 is 0 Å². The molecule has 1 atom stereocenters. The number of carbonyl (C=O) groups excluding carboxylic acids is 3. The number of anilines is 1. The standard InChI is InChI=1S/C20H18N2O5/c1-12(14-4-7-16-17(10-14)27-11-26-16)21-20(25)13-2-5-15(6-3-13)22-18(23)8-9-19(22)24/h2-7,10,12H,8-9,11H2,1H3,(H,21,25)/t12-/m0/s1. The van der Waals surface area contributed by atoms with Crippen LogP contribution in [0, 0.1) is 0 Å². The predicted molar refractivity (Wildman–Crippen MR) is 96.6 cm³/mol. The fraction of sp³-hybridized carbons (Fsp3) is 0.250. The van der Waals surface area contributed by atoms with Gasteiger partial charge in [-0.1, -0.05) is 6.07 Å². The van der Waals surface area contributed by atoms with Gasteiger partial charge in [0, 0.05) is 18.4 Å². The summed E-state index contributed by atoms with van der Waals surface area (Å²) < 4.78 is 10.7. The second kappa shape index (κ2) is 6.75. The molecule has 2 aromatic carbocycles. The van der Waals surface area contributed by atoms with Gasteiger partial charge in [0.15, 0.2) is 11.5 Å². The minimum absolute atomic E-state index is 0.202. The summed E-state index contributed by atoms with van der Waals surface area (Å²) in [5.74, 6) is 0.685. The Bertz CT molecular complexity index is 906. The maximum atomic E-state index is 12.5. The minimum Gasteiger partial charge on any atom is -0.454 e. The van der Waals surface area contributed by atoms with Crippen LogP contribution in [0.15, 0.2) is 42.5 Å². The number of amides is 3. The Morgan fingerprint density at radius 3 is 2.37 bits per heavy atom.